The molecule has 1 aliphatic carbocycles. The Labute approximate surface area is 232 Å². The first-order valence-electron chi connectivity index (χ1n) is 12.1. The molecule has 6 nitrogen and oxygen atoms in total. The topological polar surface area (TPSA) is 92.1 Å². The first kappa shape index (κ1) is 28.1. The largest absolute Gasteiger partial charge is 0.456 e. The number of halogens is 6. The second kappa shape index (κ2) is 10.5. The molecule has 13 heteroatoms. The van der Waals surface area contributed by atoms with E-state index in [2.05, 4.69) is 16.4 Å². The van der Waals surface area contributed by atoms with E-state index in [0.29, 0.717) is 21.3 Å². The number of aromatic nitrogens is 1. The molecule has 0 aliphatic heterocycles. The zero-order valence-electron chi connectivity index (χ0n) is 20.7. The number of alkyl halides is 6. The van der Waals surface area contributed by atoms with E-state index in [4.69, 9.17) is 4.74 Å². The number of carbonyl (C=O) groups is 2. The Balaban J connectivity index is 1.36. The molecule has 1 aromatic heterocycles. The average Bonchev–Trinajstić information content (AvgIpc) is 3.68. The van der Waals surface area contributed by atoms with Crippen LogP contribution in [0.1, 0.15) is 44.9 Å². The summed E-state index contributed by atoms with van der Waals surface area (Å²) in [6.07, 6.45) is -8.64. The van der Waals surface area contributed by atoms with Gasteiger partial charge >= 0.3 is 12.4 Å². The summed E-state index contributed by atoms with van der Waals surface area (Å²) in [7, 11) is 0. The minimum atomic E-state index is -5.33. The highest BCUT2D eigenvalue weighted by atomic mass is 32.1. The SMILES string of the molecule is N#Cc1c(Oc2cccc(NC(=O)c3ccc(C(F)(F)F)c(C(F)(F)F)c3)c2)ccc2nc(CC(=O)C3CC3)sc12. The predicted molar refractivity (Wildman–Crippen MR) is 137 cm³/mol. The number of amides is 1. The summed E-state index contributed by atoms with van der Waals surface area (Å²) in [5, 5.41) is 12.7. The number of nitrogens with zero attached hydrogens (tertiary/aromatic N) is 2. The van der Waals surface area contributed by atoms with E-state index in [0.717, 1.165) is 12.8 Å². The van der Waals surface area contributed by atoms with Gasteiger partial charge < -0.3 is 10.1 Å². The van der Waals surface area contributed by atoms with Gasteiger partial charge in [0.25, 0.3) is 5.91 Å². The van der Waals surface area contributed by atoms with Crippen LogP contribution < -0.4 is 10.1 Å². The van der Waals surface area contributed by atoms with Crippen LogP contribution in [0, 0.1) is 17.2 Å². The van der Waals surface area contributed by atoms with Crippen LogP contribution in [-0.2, 0) is 23.6 Å². The molecule has 1 N–H and O–H groups in total. The Kier molecular flexibility index (Phi) is 7.21. The third-order valence-corrected chi connectivity index (χ3v) is 7.33. The number of nitriles is 1. The number of ketones is 1. The summed E-state index contributed by atoms with van der Waals surface area (Å²) in [5.74, 6) is -0.544. The molecule has 3 aromatic carbocycles. The predicted octanol–water partition coefficient (Wildman–Crippen LogP) is 7.77. The molecule has 210 valence electrons. The summed E-state index contributed by atoms with van der Waals surface area (Å²) >= 11 is 1.22. The van der Waals surface area contributed by atoms with Crippen molar-refractivity contribution in [1.29, 1.82) is 5.26 Å². The van der Waals surface area contributed by atoms with Crippen LogP contribution >= 0.6 is 11.3 Å². The van der Waals surface area contributed by atoms with Gasteiger partial charge in [-0.3, -0.25) is 9.59 Å². The fraction of sp³-hybridized carbons (Fsp3) is 0.214. The van der Waals surface area contributed by atoms with E-state index in [1.807, 2.05) is 0 Å². The summed E-state index contributed by atoms with van der Waals surface area (Å²) in [6.45, 7) is 0. The molecule has 41 heavy (non-hydrogen) atoms. The van der Waals surface area contributed by atoms with Crippen molar-refractivity contribution in [3.8, 4) is 17.6 Å². The molecular formula is C28H17F6N3O3S. The molecule has 5 rings (SSSR count). The Morgan fingerprint density at radius 1 is 1.00 bits per heavy atom. The molecule has 1 saturated carbocycles. The monoisotopic (exact) mass is 589 g/mol. The number of hydrogen-bond acceptors (Lipinski definition) is 6. The average molecular weight is 590 g/mol. The van der Waals surface area contributed by atoms with Crippen LogP contribution in [0.15, 0.2) is 54.6 Å². The van der Waals surface area contributed by atoms with Crippen molar-refractivity contribution in [3.63, 3.8) is 0 Å². The highest BCUT2D eigenvalue weighted by Crippen LogP contribution is 2.41. The van der Waals surface area contributed by atoms with Gasteiger partial charge in [0.2, 0.25) is 0 Å². The van der Waals surface area contributed by atoms with Crippen LogP contribution in [0.3, 0.4) is 0 Å². The highest BCUT2D eigenvalue weighted by molar-refractivity contribution is 7.19. The molecule has 1 fully saturated rings. The molecule has 1 heterocycles. The van der Waals surface area contributed by atoms with E-state index in [-0.39, 0.29) is 53.0 Å². The fourth-order valence-electron chi connectivity index (χ4n) is 4.12. The molecule has 0 saturated heterocycles. The third kappa shape index (κ3) is 6.17. The Hall–Kier alpha value is -4.44. The standard InChI is InChI=1S/C28H17F6N3O3S/c29-27(30,31)19-7-6-15(10-20(19)28(32,33)34)26(39)36-16-2-1-3-17(11-16)40-23-9-8-21-25(18(23)13-35)41-24(37-21)12-22(38)14-4-5-14/h1-3,6-11,14H,4-5,12H2,(H,36,39). The first-order chi connectivity index (χ1) is 19.3. The molecular weight excluding hydrogens is 572 g/mol. The van der Waals surface area contributed by atoms with Crippen molar-refractivity contribution in [1.82, 2.24) is 4.98 Å². The van der Waals surface area contributed by atoms with Gasteiger partial charge in [0.15, 0.2) is 0 Å². The lowest BCUT2D eigenvalue weighted by Gasteiger charge is -2.16. The van der Waals surface area contributed by atoms with Gasteiger partial charge in [-0.2, -0.15) is 31.6 Å². The van der Waals surface area contributed by atoms with E-state index in [1.54, 1.807) is 6.07 Å². The summed E-state index contributed by atoms with van der Waals surface area (Å²) in [4.78, 5) is 29.2. The van der Waals surface area contributed by atoms with Crippen molar-refractivity contribution in [2.24, 2.45) is 5.92 Å². The summed E-state index contributed by atoms with van der Waals surface area (Å²) < 4.78 is 85.4. The number of Topliss-reactive ketones (excluding diaryl/α,β-unsaturated/α-hetero) is 1. The molecule has 0 bridgehead atoms. The van der Waals surface area contributed by atoms with Gasteiger partial charge in [-0.05, 0) is 55.3 Å². The van der Waals surface area contributed by atoms with Crippen LogP contribution in [0.4, 0.5) is 32.0 Å². The lowest BCUT2D eigenvalue weighted by molar-refractivity contribution is -0.162. The minimum absolute atomic E-state index is 0.0788. The summed E-state index contributed by atoms with van der Waals surface area (Å²) in [5.41, 5.74) is -3.70. The van der Waals surface area contributed by atoms with E-state index >= 15 is 0 Å². The number of carbonyl (C=O) groups excluding carboxylic acids is 2. The number of hydrogen-bond donors (Lipinski definition) is 1. The van der Waals surface area contributed by atoms with E-state index in [1.165, 1.54) is 41.7 Å². The van der Waals surface area contributed by atoms with Crippen LogP contribution in [-0.4, -0.2) is 16.7 Å². The van der Waals surface area contributed by atoms with Gasteiger partial charge in [0, 0.05) is 23.2 Å². The van der Waals surface area contributed by atoms with Gasteiger partial charge in [0.05, 0.1) is 27.8 Å². The first-order valence-corrected chi connectivity index (χ1v) is 12.9. The van der Waals surface area contributed by atoms with E-state index < -0.39 is 35.0 Å². The van der Waals surface area contributed by atoms with Crippen LogP contribution in [0.5, 0.6) is 11.5 Å². The molecule has 0 unspecified atom stereocenters. The maximum Gasteiger partial charge on any atom is 0.417 e. The number of thiazole rings is 1. The van der Waals surface area contributed by atoms with Gasteiger partial charge in [-0.15, -0.1) is 11.3 Å². The lowest BCUT2D eigenvalue weighted by atomic mass is 10.0. The molecule has 1 amide bonds. The van der Waals surface area contributed by atoms with Crippen molar-refractivity contribution in [3.05, 3.63) is 81.9 Å². The van der Waals surface area contributed by atoms with Crippen molar-refractivity contribution >= 4 is 38.9 Å². The number of benzene rings is 3. The van der Waals surface area contributed by atoms with Crippen molar-refractivity contribution < 1.29 is 40.7 Å². The van der Waals surface area contributed by atoms with Crippen LogP contribution in [0.2, 0.25) is 0 Å². The number of rotatable bonds is 7. The molecule has 0 radical (unpaired) electrons. The molecule has 0 spiro atoms. The van der Waals surface area contributed by atoms with Crippen molar-refractivity contribution in [2.45, 2.75) is 31.6 Å². The highest BCUT2D eigenvalue weighted by Gasteiger charge is 2.43. The summed E-state index contributed by atoms with van der Waals surface area (Å²) in [6, 6.07) is 12.0. The van der Waals surface area contributed by atoms with Gasteiger partial charge in [0.1, 0.15) is 33.9 Å². The number of fused-ring (bicyclic) bond motifs is 1. The number of ether oxygens (including phenoxy) is 1. The van der Waals surface area contributed by atoms with Crippen molar-refractivity contribution in [2.75, 3.05) is 5.32 Å². The third-order valence-electron chi connectivity index (χ3n) is 6.25. The minimum Gasteiger partial charge on any atom is -0.456 e. The zero-order chi connectivity index (χ0) is 29.5. The maximum atomic E-state index is 13.3. The normalized spacial score (nSPS) is 13.6. The second-order valence-electron chi connectivity index (χ2n) is 9.26. The molecule has 1 aliphatic rings. The number of nitrogens with one attached hydrogen (secondary N) is 1. The van der Waals surface area contributed by atoms with Crippen LogP contribution in [0.25, 0.3) is 10.2 Å². The second-order valence-corrected chi connectivity index (χ2v) is 10.3. The quantitative estimate of drug-likeness (QED) is 0.222. The maximum absolute atomic E-state index is 13.3. The zero-order valence-corrected chi connectivity index (χ0v) is 21.5. The Morgan fingerprint density at radius 2 is 1.73 bits per heavy atom. The van der Waals surface area contributed by atoms with Gasteiger partial charge in [-0.1, -0.05) is 6.07 Å². The van der Waals surface area contributed by atoms with E-state index in [9.17, 15) is 41.2 Å². The van der Waals surface area contributed by atoms with Gasteiger partial charge in [-0.25, -0.2) is 4.98 Å². The lowest BCUT2D eigenvalue weighted by Crippen LogP contribution is -2.19. The Morgan fingerprint density at radius 3 is 2.39 bits per heavy atom. The molecule has 0 atom stereocenters. The Bertz CT molecular complexity index is 1720. The fourth-order valence-corrected chi connectivity index (χ4v) is 5.18. The number of anilines is 1. The smallest absolute Gasteiger partial charge is 0.417 e. The molecule has 4 aromatic rings.